The van der Waals surface area contributed by atoms with Gasteiger partial charge in [-0.25, -0.2) is 9.78 Å². The van der Waals surface area contributed by atoms with Crippen molar-refractivity contribution in [3.63, 3.8) is 0 Å². The second-order valence-corrected chi connectivity index (χ2v) is 7.14. The highest BCUT2D eigenvalue weighted by atomic mass is 16.5. The van der Waals surface area contributed by atoms with Gasteiger partial charge in [-0.05, 0) is 61.0 Å². The lowest BCUT2D eigenvalue weighted by Gasteiger charge is -2.26. The Balaban J connectivity index is 1.47. The largest absolute Gasteiger partial charge is 0.497 e. The summed E-state index contributed by atoms with van der Waals surface area (Å²) in [4.78, 5) is 18.8. The fourth-order valence-electron chi connectivity index (χ4n) is 3.36. The number of nitrogens with zero attached hydrogens (tertiary/aromatic N) is 3. The maximum Gasteiger partial charge on any atom is 0.322 e. The molecule has 3 aromatic carbocycles. The number of nitrogens with one attached hydrogen (secondary N) is 1. The highest BCUT2D eigenvalue weighted by Gasteiger charge is 2.18. The van der Waals surface area contributed by atoms with Gasteiger partial charge in [0.25, 0.3) is 0 Å². The number of fused-ring (bicyclic) bond motifs is 1. The number of anilines is 1. The van der Waals surface area contributed by atoms with Gasteiger partial charge in [0.2, 0.25) is 0 Å². The van der Waals surface area contributed by atoms with E-state index < -0.39 is 0 Å². The number of amides is 2. The van der Waals surface area contributed by atoms with Crippen molar-refractivity contribution in [1.82, 2.24) is 14.5 Å². The van der Waals surface area contributed by atoms with E-state index in [9.17, 15) is 4.79 Å². The van der Waals surface area contributed by atoms with Crippen LogP contribution in [-0.4, -0.2) is 34.6 Å². The molecule has 0 aliphatic carbocycles. The summed E-state index contributed by atoms with van der Waals surface area (Å²) in [5, 5.41) is 2.92. The van der Waals surface area contributed by atoms with Gasteiger partial charge in [0.1, 0.15) is 12.1 Å². The molecule has 0 bridgehead atoms. The number of carbonyl (C=O) groups is 1. The molecule has 2 amide bonds. The smallest absolute Gasteiger partial charge is 0.322 e. The molecule has 4 aromatic rings. The van der Waals surface area contributed by atoms with Gasteiger partial charge >= 0.3 is 6.03 Å². The van der Waals surface area contributed by atoms with Crippen molar-refractivity contribution in [3.8, 4) is 11.4 Å². The molecule has 0 unspecified atom stereocenters. The first-order chi connectivity index (χ1) is 14.6. The Morgan fingerprint density at radius 2 is 1.73 bits per heavy atom. The fraction of sp³-hybridized carbons (Fsp3) is 0.167. The maximum atomic E-state index is 12.7. The van der Waals surface area contributed by atoms with Crippen molar-refractivity contribution < 1.29 is 9.53 Å². The van der Waals surface area contributed by atoms with Crippen LogP contribution in [0.1, 0.15) is 18.5 Å². The van der Waals surface area contributed by atoms with Crippen LogP contribution >= 0.6 is 0 Å². The number of methoxy groups -OCH3 is 1. The van der Waals surface area contributed by atoms with E-state index in [1.54, 1.807) is 19.1 Å². The zero-order chi connectivity index (χ0) is 21.1. The van der Waals surface area contributed by atoms with E-state index in [1.165, 1.54) is 0 Å². The summed E-state index contributed by atoms with van der Waals surface area (Å²) in [6, 6.07) is 23.3. The molecule has 0 saturated heterocycles. The summed E-state index contributed by atoms with van der Waals surface area (Å²) in [7, 11) is 3.41. The molecule has 0 radical (unpaired) electrons. The third-order valence-electron chi connectivity index (χ3n) is 5.35. The van der Waals surface area contributed by atoms with Crippen LogP contribution in [0.3, 0.4) is 0 Å². The Kier molecular flexibility index (Phi) is 5.39. The van der Waals surface area contributed by atoms with Crippen molar-refractivity contribution in [2.75, 3.05) is 19.5 Å². The number of urea groups is 1. The van der Waals surface area contributed by atoms with Gasteiger partial charge in [0, 0.05) is 18.4 Å². The lowest BCUT2D eigenvalue weighted by molar-refractivity contribution is 0.208. The number of hydrogen-bond donors (Lipinski definition) is 1. The molecule has 6 heteroatoms. The van der Waals surface area contributed by atoms with Gasteiger partial charge < -0.3 is 15.0 Å². The number of hydrogen-bond acceptors (Lipinski definition) is 3. The summed E-state index contributed by atoms with van der Waals surface area (Å²) in [5.41, 5.74) is 4.84. The predicted octanol–water partition coefficient (Wildman–Crippen LogP) is 5.26. The molecule has 4 rings (SSSR count). The highest BCUT2D eigenvalue weighted by Crippen LogP contribution is 2.24. The van der Waals surface area contributed by atoms with Crippen LogP contribution in [0.2, 0.25) is 0 Å². The summed E-state index contributed by atoms with van der Waals surface area (Å²) >= 11 is 0. The number of rotatable bonds is 5. The number of carbonyl (C=O) groups excluding carboxylic acids is 1. The zero-order valence-electron chi connectivity index (χ0n) is 17.2. The molecule has 1 heterocycles. The molecule has 0 aliphatic rings. The van der Waals surface area contributed by atoms with E-state index in [2.05, 4.69) is 33.1 Å². The number of imidazole rings is 1. The van der Waals surface area contributed by atoms with Crippen LogP contribution < -0.4 is 10.1 Å². The van der Waals surface area contributed by atoms with Crippen molar-refractivity contribution in [3.05, 3.63) is 84.7 Å². The summed E-state index contributed by atoms with van der Waals surface area (Å²) in [6.45, 7) is 2.01. The van der Waals surface area contributed by atoms with Crippen molar-refractivity contribution in [2.24, 2.45) is 0 Å². The Labute approximate surface area is 175 Å². The Morgan fingerprint density at radius 3 is 2.43 bits per heavy atom. The van der Waals surface area contributed by atoms with Gasteiger partial charge in [0.05, 0.1) is 24.2 Å². The normalized spacial score (nSPS) is 11.8. The van der Waals surface area contributed by atoms with Crippen LogP contribution in [0.15, 0.2) is 79.1 Å². The number of aromatic nitrogens is 2. The van der Waals surface area contributed by atoms with E-state index >= 15 is 0 Å². The Bertz CT molecular complexity index is 1150. The van der Waals surface area contributed by atoms with Gasteiger partial charge in [-0.1, -0.05) is 24.3 Å². The van der Waals surface area contributed by atoms with E-state index in [0.717, 1.165) is 33.7 Å². The number of benzene rings is 3. The summed E-state index contributed by atoms with van der Waals surface area (Å²) in [5.74, 6) is 0.750. The molecule has 1 aromatic heterocycles. The monoisotopic (exact) mass is 400 g/mol. The van der Waals surface area contributed by atoms with Gasteiger partial charge in [-0.2, -0.15) is 0 Å². The minimum Gasteiger partial charge on any atom is -0.497 e. The molecule has 0 spiro atoms. The van der Waals surface area contributed by atoms with Gasteiger partial charge in [0.15, 0.2) is 0 Å². The first-order valence-corrected chi connectivity index (χ1v) is 9.77. The average Bonchev–Trinajstić information content (AvgIpc) is 3.23. The van der Waals surface area contributed by atoms with Gasteiger partial charge in [-0.3, -0.25) is 4.57 Å². The quantitative estimate of drug-likeness (QED) is 0.497. The Morgan fingerprint density at radius 1 is 1.03 bits per heavy atom. The van der Waals surface area contributed by atoms with Gasteiger partial charge in [-0.15, -0.1) is 0 Å². The van der Waals surface area contributed by atoms with E-state index in [4.69, 9.17) is 4.74 Å². The standard InChI is InChI=1S/C24H24N4O2/c1-17(27(2)24(29)26-19-10-14-21(30-3)15-11-19)18-8-12-20(13-9-18)28-16-25-22-6-4-5-7-23(22)28/h4-17H,1-3H3,(H,26,29)/t17-/m1/s1. The zero-order valence-corrected chi connectivity index (χ0v) is 17.2. The Hall–Kier alpha value is -3.80. The molecule has 152 valence electrons. The fourth-order valence-corrected chi connectivity index (χ4v) is 3.36. The summed E-state index contributed by atoms with van der Waals surface area (Å²) < 4.78 is 7.21. The van der Waals surface area contributed by atoms with E-state index in [1.807, 2.05) is 67.8 Å². The topological polar surface area (TPSA) is 59.4 Å². The van der Waals surface area contributed by atoms with Crippen LogP contribution in [0.5, 0.6) is 5.75 Å². The third kappa shape index (κ3) is 3.85. The minimum atomic E-state index is -0.169. The highest BCUT2D eigenvalue weighted by molar-refractivity contribution is 5.89. The SMILES string of the molecule is COc1ccc(NC(=O)N(C)[C@H](C)c2ccc(-n3cnc4ccccc43)cc2)cc1. The van der Waals surface area contributed by atoms with Crippen LogP contribution in [-0.2, 0) is 0 Å². The van der Waals surface area contributed by atoms with Crippen molar-refractivity contribution in [2.45, 2.75) is 13.0 Å². The molecular formula is C24H24N4O2. The molecule has 0 aliphatic heterocycles. The third-order valence-corrected chi connectivity index (χ3v) is 5.35. The van der Waals surface area contributed by atoms with Crippen LogP contribution in [0, 0.1) is 0 Å². The molecule has 6 nitrogen and oxygen atoms in total. The van der Waals surface area contributed by atoms with Crippen molar-refractivity contribution in [1.29, 1.82) is 0 Å². The minimum absolute atomic E-state index is 0.0863. The first kappa shape index (κ1) is 19.5. The second-order valence-electron chi connectivity index (χ2n) is 7.14. The molecule has 1 N–H and O–H groups in total. The lowest BCUT2D eigenvalue weighted by Crippen LogP contribution is -2.33. The second kappa shape index (κ2) is 8.29. The summed E-state index contributed by atoms with van der Waals surface area (Å²) in [6.07, 6.45) is 1.83. The van der Waals surface area contributed by atoms with Crippen molar-refractivity contribution >= 4 is 22.8 Å². The molecule has 1 atom stereocenters. The van der Waals surface area contributed by atoms with Crippen LogP contribution in [0.4, 0.5) is 10.5 Å². The molecular weight excluding hydrogens is 376 g/mol. The molecule has 0 fully saturated rings. The first-order valence-electron chi connectivity index (χ1n) is 9.77. The molecule has 0 saturated carbocycles. The van der Waals surface area contributed by atoms with E-state index in [-0.39, 0.29) is 12.1 Å². The average molecular weight is 400 g/mol. The maximum absolute atomic E-state index is 12.7. The van der Waals surface area contributed by atoms with E-state index in [0.29, 0.717) is 0 Å². The lowest BCUT2D eigenvalue weighted by atomic mass is 10.1. The predicted molar refractivity (Wildman–Crippen MR) is 119 cm³/mol. The van der Waals surface area contributed by atoms with Crippen LogP contribution in [0.25, 0.3) is 16.7 Å². The number of ether oxygens (including phenoxy) is 1. The number of para-hydroxylation sites is 2. The molecule has 30 heavy (non-hydrogen) atoms.